The minimum atomic E-state index is 0.0645. The van der Waals surface area contributed by atoms with Crippen LogP contribution < -0.4 is 0 Å². The second kappa shape index (κ2) is 5.03. The minimum Gasteiger partial charge on any atom is -0.472 e. The van der Waals surface area contributed by atoms with Crippen LogP contribution >= 0.6 is 0 Å². The van der Waals surface area contributed by atoms with Gasteiger partial charge in [0.15, 0.2) is 0 Å². The first-order chi connectivity index (χ1) is 8.76. The molecule has 18 heavy (non-hydrogen) atoms. The van der Waals surface area contributed by atoms with Crippen LogP contribution in [0.1, 0.15) is 18.4 Å². The molecule has 2 saturated heterocycles. The molecule has 0 N–H and O–H groups in total. The van der Waals surface area contributed by atoms with Crippen LogP contribution in [0.3, 0.4) is 0 Å². The predicted molar refractivity (Wildman–Crippen MR) is 69.4 cm³/mol. The van der Waals surface area contributed by atoms with Gasteiger partial charge >= 0.3 is 0 Å². The van der Waals surface area contributed by atoms with Gasteiger partial charge in [-0.05, 0) is 32.5 Å². The molecular weight excluding hydrogens is 228 g/mol. The second-order valence-corrected chi connectivity index (χ2v) is 5.72. The Morgan fingerprint density at radius 2 is 2.28 bits per heavy atom. The zero-order chi connectivity index (χ0) is 12.4. The molecular formula is C14H22N2O2. The van der Waals surface area contributed by atoms with Crippen molar-refractivity contribution in [2.75, 3.05) is 39.8 Å². The van der Waals surface area contributed by atoms with E-state index in [9.17, 15) is 0 Å². The molecule has 0 bridgehead atoms. The van der Waals surface area contributed by atoms with Crippen molar-refractivity contribution in [3.8, 4) is 0 Å². The molecule has 4 nitrogen and oxygen atoms in total. The molecule has 1 atom stereocenters. The summed E-state index contributed by atoms with van der Waals surface area (Å²) in [4.78, 5) is 4.89. The first kappa shape index (κ1) is 12.2. The Labute approximate surface area is 108 Å². The average molecular weight is 250 g/mol. The molecule has 0 aromatic carbocycles. The van der Waals surface area contributed by atoms with Crippen LogP contribution in [-0.4, -0.2) is 55.2 Å². The first-order valence-corrected chi connectivity index (χ1v) is 6.82. The van der Waals surface area contributed by atoms with E-state index in [1.807, 2.05) is 6.26 Å². The predicted octanol–water partition coefficient (Wildman–Crippen LogP) is 1.58. The fourth-order valence-electron chi connectivity index (χ4n) is 3.25. The molecule has 0 saturated carbocycles. The highest BCUT2D eigenvalue weighted by atomic mass is 16.5. The number of hydrogen-bond donors (Lipinski definition) is 0. The van der Waals surface area contributed by atoms with Gasteiger partial charge in [0.1, 0.15) is 0 Å². The summed E-state index contributed by atoms with van der Waals surface area (Å²) < 4.78 is 11.3. The lowest BCUT2D eigenvalue weighted by molar-refractivity contribution is -0.136. The molecule has 0 amide bonds. The van der Waals surface area contributed by atoms with Gasteiger partial charge in [-0.25, -0.2) is 0 Å². The minimum absolute atomic E-state index is 0.0645. The van der Waals surface area contributed by atoms with Crippen LogP contribution in [0.4, 0.5) is 0 Å². The van der Waals surface area contributed by atoms with E-state index in [4.69, 9.17) is 9.15 Å². The lowest BCUT2D eigenvalue weighted by Gasteiger charge is -2.47. The molecule has 1 aromatic rings. The number of morpholine rings is 1. The highest BCUT2D eigenvalue weighted by molar-refractivity contribution is 5.06. The van der Waals surface area contributed by atoms with E-state index < -0.39 is 0 Å². The van der Waals surface area contributed by atoms with Gasteiger partial charge in [-0.15, -0.1) is 0 Å². The van der Waals surface area contributed by atoms with Gasteiger partial charge in [-0.3, -0.25) is 4.90 Å². The van der Waals surface area contributed by atoms with Crippen LogP contribution in [0.2, 0.25) is 0 Å². The van der Waals surface area contributed by atoms with Gasteiger partial charge in [0, 0.05) is 31.7 Å². The SMILES string of the molecule is CN1CCO[C@]2(CCCN(Cc3ccoc3)C2)C1. The van der Waals surface area contributed by atoms with Gasteiger partial charge in [0.05, 0.1) is 24.7 Å². The molecule has 0 radical (unpaired) electrons. The van der Waals surface area contributed by atoms with Crippen LogP contribution in [0.25, 0.3) is 0 Å². The molecule has 4 heteroatoms. The lowest BCUT2D eigenvalue weighted by Crippen LogP contribution is -2.58. The Bertz CT molecular complexity index is 375. The number of furan rings is 1. The van der Waals surface area contributed by atoms with Gasteiger partial charge in [-0.2, -0.15) is 0 Å². The van der Waals surface area contributed by atoms with Crippen LogP contribution in [0.15, 0.2) is 23.0 Å². The Kier molecular flexibility index (Phi) is 3.41. The van der Waals surface area contributed by atoms with E-state index >= 15 is 0 Å². The van der Waals surface area contributed by atoms with Crippen molar-refractivity contribution >= 4 is 0 Å². The number of likely N-dealkylation sites (N-methyl/N-ethyl adjacent to an activating group) is 1. The summed E-state index contributed by atoms with van der Waals surface area (Å²) in [6, 6.07) is 2.05. The highest BCUT2D eigenvalue weighted by Gasteiger charge is 2.39. The highest BCUT2D eigenvalue weighted by Crippen LogP contribution is 2.29. The van der Waals surface area contributed by atoms with E-state index in [0.29, 0.717) is 0 Å². The van der Waals surface area contributed by atoms with Crippen molar-refractivity contribution in [3.05, 3.63) is 24.2 Å². The van der Waals surface area contributed by atoms with Crippen molar-refractivity contribution in [1.82, 2.24) is 9.80 Å². The average Bonchev–Trinajstić information content (AvgIpc) is 2.81. The van der Waals surface area contributed by atoms with E-state index in [1.165, 1.54) is 24.9 Å². The molecule has 1 aromatic heterocycles. The van der Waals surface area contributed by atoms with Gasteiger partial charge < -0.3 is 14.1 Å². The summed E-state index contributed by atoms with van der Waals surface area (Å²) in [6.07, 6.45) is 6.01. The third-order valence-corrected chi connectivity index (χ3v) is 4.04. The van der Waals surface area contributed by atoms with Gasteiger partial charge in [-0.1, -0.05) is 0 Å². The Morgan fingerprint density at radius 1 is 1.33 bits per heavy atom. The van der Waals surface area contributed by atoms with Crippen molar-refractivity contribution < 1.29 is 9.15 Å². The number of nitrogens with zero attached hydrogens (tertiary/aromatic N) is 2. The number of rotatable bonds is 2. The summed E-state index contributed by atoms with van der Waals surface area (Å²) in [5, 5.41) is 0. The van der Waals surface area contributed by atoms with Crippen LogP contribution in [-0.2, 0) is 11.3 Å². The van der Waals surface area contributed by atoms with E-state index in [0.717, 1.165) is 32.8 Å². The standard InChI is InChI=1S/C14H22N2O2/c1-15-6-8-18-14(11-15)4-2-5-16(12-14)9-13-3-7-17-10-13/h3,7,10H,2,4-6,8-9,11-12H2,1H3/t14-/m1/s1. The third kappa shape index (κ3) is 2.60. The van der Waals surface area contributed by atoms with Crippen molar-refractivity contribution in [2.24, 2.45) is 0 Å². The largest absolute Gasteiger partial charge is 0.472 e. The summed E-state index contributed by atoms with van der Waals surface area (Å²) in [5.74, 6) is 0. The summed E-state index contributed by atoms with van der Waals surface area (Å²) in [5.41, 5.74) is 1.32. The molecule has 3 heterocycles. The molecule has 100 valence electrons. The first-order valence-electron chi connectivity index (χ1n) is 6.82. The van der Waals surface area contributed by atoms with Crippen LogP contribution in [0.5, 0.6) is 0 Å². The number of likely N-dealkylation sites (tertiary alicyclic amines) is 1. The summed E-state index contributed by atoms with van der Waals surface area (Å²) in [6.45, 7) is 6.18. The third-order valence-electron chi connectivity index (χ3n) is 4.04. The maximum atomic E-state index is 6.12. The molecule has 1 spiro atoms. The number of ether oxygens (including phenoxy) is 1. The number of hydrogen-bond acceptors (Lipinski definition) is 4. The van der Waals surface area contributed by atoms with E-state index in [-0.39, 0.29) is 5.60 Å². The van der Waals surface area contributed by atoms with Gasteiger partial charge in [0.25, 0.3) is 0 Å². The number of piperidine rings is 1. The molecule has 0 aliphatic carbocycles. The Hall–Kier alpha value is -0.840. The summed E-state index contributed by atoms with van der Waals surface area (Å²) in [7, 11) is 2.19. The smallest absolute Gasteiger partial charge is 0.0947 e. The summed E-state index contributed by atoms with van der Waals surface area (Å²) >= 11 is 0. The Balaban J connectivity index is 1.64. The van der Waals surface area contributed by atoms with Crippen molar-refractivity contribution in [2.45, 2.75) is 25.0 Å². The fourth-order valence-corrected chi connectivity index (χ4v) is 3.25. The topological polar surface area (TPSA) is 28.9 Å². The lowest BCUT2D eigenvalue weighted by atomic mass is 9.90. The Morgan fingerprint density at radius 3 is 3.06 bits per heavy atom. The van der Waals surface area contributed by atoms with Crippen molar-refractivity contribution in [3.63, 3.8) is 0 Å². The van der Waals surface area contributed by atoms with Crippen molar-refractivity contribution in [1.29, 1.82) is 0 Å². The second-order valence-electron chi connectivity index (χ2n) is 5.72. The maximum absolute atomic E-state index is 6.12. The van der Waals surface area contributed by atoms with E-state index in [2.05, 4.69) is 22.9 Å². The molecule has 2 aliphatic heterocycles. The molecule has 2 fully saturated rings. The van der Waals surface area contributed by atoms with Gasteiger partial charge in [0.2, 0.25) is 0 Å². The van der Waals surface area contributed by atoms with E-state index in [1.54, 1.807) is 6.26 Å². The molecule has 3 rings (SSSR count). The monoisotopic (exact) mass is 250 g/mol. The maximum Gasteiger partial charge on any atom is 0.0947 e. The quantitative estimate of drug-likeness (QED) is 0.797. The fraction of sp³-hybridized carbons (Fsp3) is 0.714. The zero-order valence-corrected chi connectivity index (χ0v) is 11.1. The molecule has 0 unspecified atom stereocenters. The molecule has 2 aliphatic rings. The zero-order valence-electron chi connectivity index (χ0n) is 11.1. The van der Waals surface area contributed by atoms with Crippen LogP contribution in [0, 0.1) is 0 Å². The normalized spacial score (nSPS) is 30.9.